The lowest BCUT2D eigenvalue weighted by Gasteiger charge is -2.22. The van der Waals surface area contributed by atoms with Crippen LogP contribution in [0.3, 0.4) is 0 Å². The molecule has 0 spiro atoms. The maximum atomic E-state index is 12.5. The van der Waals surface area contributed by atoms with Gasteiger partial charge in [0.25, 0.3) is 0 Å². The third-order valence-corrected chi connectivity index (χ3v) is 18.3. The first kappa shape index (κ1) is 82.3. The predicted octanol–water partition coefficient (Wildman–Crippen LogP) is 25.3. The van der Waals surface area contributed by atoms with Crippen molar-refractivity contribution in [2.45, 2.75) is 450 Å². The van der Waals surface area contributed by atoms with Gasteiger partial charge in [-0.1, -0.05) is 398 Å². The van der Waals surface area contributed by atoms with E-state index in [9.17, 15) is 19.8 Å². The van der Waals surface area contributed by atoms with Crippen LogP contribution in [0.15, 0.2) is 24.3 Å². The number of carbonyl (C=O) groups excluding carboxylic acids is 2. The van der Waals surface area contributed by atoms with Crippen molar-refractivity contribution in [3.8, 4) is 0 Å². The van der Waals surface area contributed by atoms with E-state index < -0.39 is 12.1 Å². The highest BCUT2D eigenvalue weighted by Crippen LogP contribution is 2.20. The van der Waals surface area contributed by atoms with Crippen LogP contribution >= 0.6 is 0 Å². The minimum atomic E-state index is -0.660. The summed E-state index contributed by atoms with van der Waals surface area (Å²) < 4.78 is 5.49. The Balaban J connectivity index is 3.29. The Bertz CT molecular complexity index is 1320. The molecule has 6 nitrogen and oxygen atoms in total. The second-order valence-corrected chi connectivity index (χ2v) is 26.7. The van der Waals surface area contributed by atoms with Gasteiger partial charge in [0.05, 0.1) is 25.4 Å². The molecule has 0 radical (unpaired) electrons. The Labute approximate surface area is 526 Å². The topological polar surface area (TPSA) is 95.9 Å². The number of aliphatic hydroxyl groups excluding tert-OH is 2. The number of aliphatic hydroxyl groups is 2. The van der Waals surface area contributed by atoms with Crippen molar-refractivity contribution in [2.24, 2.45) is 0 Å². The number of hydrogen-bond acceptors (Lipinski definition) is 5. The Kier molecular flexibility index (Phi) is 72.3. The molecule has 84 heavy (non-hydrogen) atoms. The van der Waals surface area contributed by atoms with Crippen molar-refractivity contribution in [1.82, 2.24) is 5.32 Å². The highest BCUT2D eigenvalue weighted by molar-refractivity contribution is 5.76. The number of hydrogen-bond donors (Lipinski definition) is 3. The first-order valence-electron chi connectivity index (χ1n) is 38.6. The lowest BCUT2D eigenvalue weighted by molar-refractivity contribution is -0.143. The first-order chi connectivity index (χ1) is 41.5. The Morgan fingerprint density at radius 3 is 0.940 bits per heavy atom. The summed E-state index contributed by atoms with van der Waals surface area (Å²) in [6.07, 6.45) is 94.1. The molecule has 0 fully saturated rings. The number of carbonyl (C=O) groups is 2. The predicted molar refractivity (Wildman–Crippen MR) is 370 cm³/mol. The third-order valence-electron chi connectivity index (χ3n) is 18.3. The van der Waals surface area contributed by atoms with Crippen LogP contribution in [0, 0.1) is 0 Å². The van der Waals surface area contributed by atoms with Crippen molar-refractivity contribution in [3.05, 3.63) is 24.3 Å². The fourth-order valence-electron chi connectivity index (χ4n) is 12.4. The van der Waals surface area contributed by atoms with Crippen LogP contribution in [0.2, 0.25) is 0 Å². The lowest BCUT2D eigenvalue weighted by atomic mass is 10.0. The van der Waals surface area contributed by atoms with Crippen LogP contribution in [0.4, 0.5) is 0 Å². The van der Waals surface area contributed by atoms with E-state index >= 15 is 0 Å². The van der Waals surface area contributed by atoms with E-state index in [1.165, 1.54) is 353 Å². The molecule has 498 valence electrons. The fourth-order valence-corrected chi connectivity index (χ4v) is 12.4. The van der Waals surface area contributed by atoms with Crippen LogP contribution in [0.25, 0.3) is 0 Å². The molecular weight excluding hydrogens is 1030 g/mol. The normalized spacial score (nSPS) is 12.6. The second kappa shape index (κ2) is 73.8. The molecular formula is C78H151NO5. The summed E-state index contributed by atoms with van der Waals surface area (Å²) in [5.41, 5.74) is 0. The Morgan fingerprint density at radius 2 is 0.607 bits per heavy atom. The van der Waals surface area contributed by atoms with Crippen molar-refractivity contribution >= 4 is 11.9 Å². The molecule has 0 saturated carbocycles. The summed E-state index contributed by atoms with van der Waals surface area (Å²) in [7, 11) is 0. The summed E-state index contributed by atoms with van der Waals surface area (Å²) in [6, 6.07) is -0.537. The minimum Gasteiger partial charge on any atom is -0.466 e. The van der Waals surface area contributed by atoms with E-state index in [1.807, 2.05) is 0 Å². The Hall–Kier alpha value is -1.66. The van der Waals surface area contributed by atoms with Gasteiger partial charge in [0.2, 0.25) is 5.91 Å². The molecule has 0 aromatic carbocycles. The van der Waals surface area contributed by atoms with Crippen molar-refractivity contribution < 1.29 is 24.5 Å². The molecule has 0 aromatic rings. The van der Waals surface area contributed by atoms with Gasteiger partial charge in [0.15, 0.2) is 0 Å². The largest absolute Gasteiger partial charge is 0.466 e. The number of ether oxygens (including phenoxy) is 1. The third kappa shape index (κ3) is 69.4. The summed E-state index contributed by atoms with van der Waals surface area (Å²) in [5, 5.41) is 23.4. The van der Waals surface area contributed by atoms with Gasteiger partial charge in [-0.25, -0.2) is 0 Å². The van der Waals surface area contributed by atoms with Gasteiger partial charge in [-0.05, 0) is 51.4 Å². The molecule has 0 heterocycles. The molecule has 0 aliphatic heterocycles. The molecule has 2 atom stereocenters. The SMILES string of the molecule is CCCC/C=C\C/C=C\CCCCCCCC(=O)OCCCCCCCCCCCCCCCCCCCCCCCCCCCCCCCCCCCCCCCC(=O)NC(CO)C(O)CCCCCCCCCCCCCCCCCC. The second-order valence-electron chi connectivity index (χ2n) is 26.7. The highest BCUT2D eigenvalue weighted by Gasteiger charge is 2.20. The number of unbranched alkanes of at least 4 members (excludes halogenated alkanes) is 58. The van der Waals surface area contributed by atoms with Gasteiger partial charge < -0.3 is 20.3 Å². The maximum absolute atomic E-state index is 12.5. The van der Waals surface area contributed by atoms with Crippen LogP contribution in [0.5, 0.6) is 0 Å². The summed E-state index contributed by atoms with van der Waals surface area (Å²) in [5.74, 6) is -0.0160. The maximum Gasteiger partial charge on any atom is 0.305 e. The van der Waals surface area contributed by atoms with Gasteiger partial charge >= 0.3 is 5.97 Å². The molecule has 3 N–H and O–H groups in total. The van der Waals surface area contributed by atoms with E-state index in [0.29, 0.717) is 25.9 Å². The van der Waals surface area contributed by atoms with Crippen molar-refractivity contribution in [3.63, 3.8) is 0 Å². The summed E-state index contributed by atoms with van der Waals surface area (Å²) in [6.45, 7) is 4.95. The Morgan fingerprint density at radius 1 is 0.333 bits per heavy atom. The molecule has 0 aliphatic carbocycles. The molecule has 0 rings (SSSR count). The van der Waals surface area contributed by atoms with Gasteiger partial charge in [0, 0.05) is 12.8 Å². The fraction of sp³-hybridized carbons (Fsp3) is 0.923. The van der Waals surface area contributed by atoms with E-state index in [1.54, 1.807) is 0 Å². The van der Waals surface area contributed by atoms with Crippen LogP contribution in [-0.2, 0) is 14.3 Å². The average molecular weight is 1180 g/mol. The standard InChI is InChI=1S/C78H151NO5/c1-3-5-7-9-11-13-15-17-19-43-46-50-54-58-62-66-70-76(81)75(74-80)79-77(82)71-67-63-59-55-51-47-44-41-39-37-35-33-31-29-27-25-23-21-20-22-24-26-28-30-32-34-36-38-40-42-45-49-53-57-61-65-69-73-84-78(83)72-68-64-60-56-52-48-18-16-14-12-10-8-6-4-2/h10,12,16,18,75-76,80-81H,3-9,11,13-15,17,19-74H2,1-2H3,(H,79,82)/b12-10-,18-16-. The van der Waals surface area contributed by atoms with Gasteiger partial charge in [-0.15, -0.1) is 0 Å². The molecule has 0 bridgehead atoms. The molecule has 1 amide bonds. The molecule has 2 unspecified atom stereocenters. The highest BCUT2D eigenvalue weighted by atomic mass is 16.5. The van der Waals surface area contributed by atoms with Gasteiger partial charge in [0.1, 0.15) is 0 Å². The van der Waals surface area contributed by atoms with E-state index in [0.717, 1.165) is 51.4 Å². The van der Waals surface area contributed by atoms with E-state index in [4.69, 9.17) is 4.74 Å². The zero-order chi connectivity index (χ0) is 60.6. The monoisotopic (exact) mass is 1180 g/mol. The molecule has 0 saturated heterocycles. The quantitative estimate of drug-likeness (QED) is 0.0320. The summed E-state index contributed by atoms with van der Waals surface area (Å²) >= 11 is 0. The zero-order valence-electron chi connectivity index (χ0n) is 57.2. The minimum absolute atomic E-state index is 0.00934. The van der Waals surface area contributed by atoms with Crippen LogP contribution < -0.4 is 5.32 Å². The van der Waals surface area contributed by atoms with E-state index in [-0.39, 0.29) is 18.5 Å². The summed E-state index contributed by atoms with van der Waals surface area (Å²) in [4.78, 5) is 24.6. The number of esters is 1. The van der Waals surface area contributed by atoms with Crippen LogP contribution in [0.1, 0.15) is 438 Å². The number of rotatable bonds is 73. The average Bonchev–Trinajstić information content (AvgIpc) is 3.51. The number of allylic oxidation sites excluding steroid dienone is 4. The molecule has 0 aliphatic rings. The van der Waals surface area contributed by atoms with Crippen molar-refractivity contribution in [2.75, 3.05) is 13.2 Å². The number of nitrogens with one attached hydrogen (secondary N) is 1. The van der Waals surface area contributed by atoms with Crippen molar-refractivity contribution in [1.29, 1.82) is 0 Å². The number of amides is 1. The molecule has 6 heteroatoms. The van der Waals surface area contributed by atoms with Gasteiger partial charge in [-0.2, -0.15) is 0 Å². The van der Waals surface area contributed by atoms with E-state index in [2.05, 4.69) is 43.5 Å². The lowest BCUT2D eigenvalue weighted by Crippen LogP contribution is -2.45. The van der Waals surface area contributed by atoms with Gasteiger partial charge in [-0.3, -0.25) is 9.59 Å². The van der Waals surface area contributed by atoms with Crippen LogP contribution in [-0.4, -0.2) is 47.4 Å². The zero-order valence-corrected chi connectivity index (χ0v) is 57.2. The first-order valence-corrected chi connectivity index (χ1v) is 38.6. The smallest absolute Gasteiger partial charge is 0.305 e. The molecule has 0 aromatic heterocycles.